The number of likely N-dealkylation sites (tertiary alicyclic amines) is 1. The van der Waals surface area contributed by atoms with Gasteiger partial charge >= 0.3 is 6.18 Å². The summed E-state index contributed by atoms with van der Waals surface area (Å²) in [5.41, 5.74) is 0.521. The Labute approximate surface area is 121 Å². The van der Waals surface area contributed by atoms with Crippen LogP contribution in [-0.4, -0.2) is 28.4 Å². The van der Waals surface area contributed by atoms with E-state index in [2.05, 4.69) is 15.9 Å². The summed E-state index contributed by atoms with van der Waals surface area (Å²) in [5.74, 6) is -1.07. The maximum Gasteiger partial charge on any atom is 0.408 e. The third-order valence-corrected chi connectivity index (χ3v) is 3.90. The molecule has 1 aliphatic rings. The van der Waals surface area contributed by atoms with E-state index in [0.717, 1.165) is 4.90 Å². The Morgan fingerprint density at radius 2 is 1.85 bits per heavy atom. The second kappa shape index (κ2) is 5.71. The number of hydrogen-bond donors (Lipinski definition) is 0. The van der Waals surface area contributed by atoms with E-state index in [4.69, 9.17) is 0 Å². The lowest BCUT2D eigenvalue weighted by atomic mass is 10.0. The zero-order valence-electron chi connectivity index (χ0n) is 10.3. The monoisotopic (exact) mass is 353 g/mol. The summed E-state index contributed by atoms with van der Waals surface area (Å²) >= 11 is 2.91. The first-order valence-corrected chi connectivity index (χ1v) is 7.16. The van der Waals surface area contributed by atoms with E-state index in [1.165, 1.54) is 24.3 Å². The minimum Gasteiger partial charge on any atom is -0.323 e. The van der Waals surface area contributed by atoms with Gasteiger partial charge in [-0.1, -0.05) is 28.1 Å². The van der Waals surface area contributed by atoms with Gasteiger partial charge in [0.05, 0.1) is 11.4 Å². The van der Waals surface area contributed by atoms with Crippen LogP contribution in [0.15, 0.2) is 24.3 Å². The van der Waals surface area contributed by atoms with Crippen molar-refractivity contribution in [1.82, 2.24) is 4.90 Å². The van der Waals surface area contributed by atoms with Crippen molar-refractivity contribution in [2.75, 3.05) is 5.33 Å². The van der Waals surface area contributed by atoms with Gasteiger partial charge in [-0.2, -0.15) is 13.2 Å². The van der Waals surface area contributed by atoms with Gasteiger partial charge in [-0.25, -0.2) is 4.39 Å². The van der Waals surface area contributed by atoms with Crippen molar-refractivity contribution in [3.05, 3.63) is 35.6 Å². The van der Waals surface area contributed by atoms with Crippen LogP contribution in [0.1, 0.15) is 24.4 Å². The molecule has 20 heavy (non-hydrogen) atoms. The summed E-state index contributed by atoms with van der Waals surface area (Å²) in [6, 6.07) is 2.79. The lowest BCUT2D eigenvalue weighted by Gasteiger charge is -2.31. The average Bonchev–Trinajstić information content (AvgIpc) is 2.83. The fourth-order valence-corrected chi connectivity index (χ4v) is 2.85. The van der Waals surface area contributed by atoms with Gasteiger partial charge in [-0.05, 0) is 30.5 Å². The Kier molecular flexibility index (Phi) is 4.36. The highest BCUT2D eigenvalue weighted by atomic mass is 79.9. The fourth-order valence-electron chi connectivity index (χ4n) is 2.56. The van der Waals surface area contributed by atoms with Gasteiger partial charge in [-0.15, -0.1) is 0 Å². The van der Waals surface area contributed by atoms with Crippen LogP contribution in [0.4, 0.5) is 17.6 Å². The molecule has 0 radical (unpaired) electrons. The Bertz CT molecular complexity index is 488. The van der Waals surface area contributed by atoms with Crippen molar-refractivity contribution in [3.63, 3.8) is 0 Å². The van der Waals surface area contributed by atoms with Crippen molar-refractivity contribution in [2.45, 2.75) is 31.1 Å². The molecule has 0 spiro atoms. The van der Waals surface area contributed by atoms with Gasteiger partial charge < -0.3 is 4.90 Å². The number of alkyl halides is 4. The molecular formula is C13H12BrF4NO. The molecule has 2 unspecified atom stereocenters. The number of rotatable bonds is 2. The molecule has 110 valence electrons. The topological polar surface area (TPSA) is 20.3 Å². The number of carbonyl (C=O) groups excluding carboxylic acids is 1. The van der Waals surface area contributed by atoms with Gasteiger partial charge in [0.2, 0.25) is 5.91 Å². The highest BCUT2D eigenvalue weighted by Crippen LogP contribution is 2.42. The SMILES string of the molecule is O=C(CBr)N1C(c2ccc(F)cc2)CCC1C(F)(F)F. The van der Waals surface area contributed by atoms with Crippen molar-refractivity contribution in [2.24, 2.45) is 0 Å². The maximum atomic E-state index is 13.0. The standard InChI is InChI=1S/C13H12BrF4NO/c14-7-12(20)19-10(5-6-11(19)13(16,17)18)8-1-3-9(15)4-2-8/h1-4,10-11H,5-7H2. The molecule has 0 bridgehead atoms. The smallest absolute Gasteiger partial charge is 0.323 e. The Hall–Kier alpha value is -1.11. The quantitative estimate of drug-likeness (QED) is 0.584. The van der Waals surface area contributed by atoms with Crippen molar-refractivity contribution in [3.8, 4) is 0 Å². The summed E-state index contributed by atoms with van der Waals surface area (Å²) in [6.45, 7) is 0. The summed E-state index contributed by atoms with van der Waals surface area (Å²) in [4.78, 5) is 12.7. The number of benzene rings is 1. The molecule has 2 atom stereocenters. The van der Waals surface area contributed by atoms with Gasteiger partial charge in [0.1, 0.15) is 11.9 Å². The van der Waals surface area contributed by atoms with Gasteiger partial charge in [0.15, 0.2) is 0 Å². The summed E-state index contributed by atoms with van der Waals surface area (Å²) in [6.07, 6.45) is -4.37. The summed E-state index contributed by atoms with van der Waals surface area (Å²) in [5, 5.41) is -0.169. The van der Waals surface area contributed by atoms with E-state index in [1.807, 2.05) is 0 Å². The first-order chi connectivity index (χ1) is 9.34. The number of hydrogen-bond acceptors (Lipinski definition) is 1. The number of nitrogens with zero attached hydrogens (tertiary/aromatic N) is 1. The highest BCUT2D eigenvalue weighted by molar-refractivity contribution is 9.09. The predicted octanol–water partition coefficient (Wildman–Crippen LogP) is 3.82. The molecule has 0 aromatic heterocycles. The molecule has 2 nitrogen and oxygen atoms in total. The fraction of sp³-hybridized carbons (Fsp3) is 0.462. The minimum atomic E-state index is -4.45. The van der Waals surface area contributed by atoms with Crippen LogP contribution in [0.25, 0.3) is 0 Å². The molecule has 1 heterocycles. The molecule has 1 aromatic rings. The van der Waals surface area contributed by atoms with Crippen molar-refractivity contribution >= 4 is 21.8 Å². The first kappa shape index (κ1) is 15.3. The van der Waals surface area contributed by atoms with E-state index >= 15 is 0 Å². The van der Waals surface area contributed by atoms with E-state index in [1.54, 1.807) is 0 Å². The molecular weight excluding hydrogens is 342 g/mol. The molecule has 0 saturated carbocycles. The van der Waals surface area contributed by atoms with Crippen molar-refractivity contribution < 1.29 is 22.4 Å². The van der Waals surface area contributed by atoms with E-state index < -0.39 is 30.0 Å². The Balaban J connectivity index is 2.33. The number of carbonyl (C=O) groups is 1. The number of halogens is 5. The molecule has 1 aromatic carbocycles. The third-order valence-electron chi connectivity index (χ3n) is 3.42. The molecule has 0 aliphatic carbocycles. The first-order valence-electron chi connectivity index (χ1n) is 6.04. The normalized spacial score (nSPS) is 23.1. The van der Waals surface area contributed by atoms with Crippen molar-refractivity contribution in [1.29, 1.82) is 0 Å². The largest absolute Gasteiger partial charge is 0.408 e. The molecule has 1 aliphatic heterocycles. The van der Waals surface area contributed by atoms with Crippen LogP contribution < -0.4 is 0 Å². The highest BCUT2D eigenvalue weighted by Gasteiger charge is 2.51. The van der Waals surface area contributed by atoms with Crippen LogP contribution in [0.3, 0.4) is 0 Å². The predicted molar refractivity (Wildman–Crippen MR) is 68.9 cm³/mol. The molecule has 1 saturated heterocycles. The second-order valence-electron chi connectivity index (χ2n) is 4.64. The number of amides is 1. The molecule has 2 rings (SSSR count). The van der Waals surface area contributed by atoms with Gasteiger partial charge in [-0.3, -0.25) is 4.79 Å². The van der Waals surface area contributed by atoms with Gasteiger partial charge in [0.25, 0.3) is 0 Å². The lowest BCUT2D eigenvalue weighted by molar-refractivity contribution is -0.185. The van der Waals surface area contributed by atoms with Crippen LogP contribution >= 0.6 is 15.9 Å². The average molecular weight is 354 g/mol. The second-order valence-corrected chi connectivity index (χ2v) is 5.20. The third kappa shape index (κ3) is 2.97. The summed E-state index contributed by atoms with van der Waals surface area (Å²) in [7, 11) is 0. The van der Waals surface area contributed by atoms with E-state index in [0.29, 0.717) is 5.56 Å². The molecule has 1 amide bonds. The maximum absolute atomic E-state index is 13.0. The minimum absolute atomic E-state index is 0.135. The van der Waals surface area contributed by atoms with Gasteiger partial charge in [0, 0.05) is 0 Å². The zero-order chi connectivity index (χ0) is 14.9. The van der Waals surface area contributed by atoms with Crippen LogP contribution in [0.5, 0.6) is 0 Å². The Morgan fingerprint density at radius 1 is 1.25 bits per heavy atom. The molecule has 0 N–H and O–H groups in total. The van der Waals surface area contributed by atoms with Crippen LogP contribution in [0.2, 0.25) is 0 Å². The van der Waals surface area contributed by atoms with E-state index in [9.17, 15) is 22.4 Å². The molecule has 1 fully saturated rings. The molecule has 7 heteroatoms. The zero-order valence-corrected chi connectivity index (χ0v) is 11.9. The summed E-state index contributed by atoms with van der Waals surface area (Å²) < 4.78 is 51.9. The van der Waals surface area contributed by atoms with Crippen LogP contribution in [0, 0.1) is 5.82 Å². The van der Waals surface area contributed by atoms with Crippen LogP contribution in [-0.2, 0) is 4.79 Å². The Morgan fingerprint density at radius 3 is 2.35 bits per heavy atom. The van der Waals surface area contributed by atoms with E-state index in [-0.39, 0.29) is 18.2 Å². The lowest BCUT2D eigenvalue weighted by Crippen LogP contribution is -2.46.